The van der Waals surface area contributed by atoms with E-state index in [0.717, 1.165) is 34.7 Å². The van der Waals surface area contributed by atoms with Crippen molar-refractivity contribution in [2.24, 2.45) is 0 Å². The van der Waals surface area contributed by atoms with Crippen LogP contribution < -0.4 is 5.32 Å². The molecule has 0 saturated carbocycles. The molecule has 1 aromatic heterocycles. The first-order valence-corrected chi connectivity index (χ1v) is 6.49. The Morgan fingerprint density at radius 2 is 2.11 bits per heavy atom. The second kappa shape index (κ2) is 5.74. The van der Waals surface area contributed by atoms with Gasteiger partial charge in [-0.15, -0.1) is 0 Å². The van der Waals surface area contributed by atoms with E-state index in [1.807, 2.05) is 25.2 Å². The van der Waals surface area contributed by atoms with Crippen molar-refractivity contribution in [2.75, 3.05) is 27.7 Å². The maximum Gasteiger partial charge on any atom is 0.134 e. The summed E-state index contributed by atoms with van der Waals surface area (Å²) in [7, 11) is 6.11. The van der Waals surface area contributed by atoms with Crippen LogP contribution in [0.1, 0.15) is 18.2 Å². The second-order valence-corrected chi connectivity index (χ2v) is 5.20. The third-order valence-electron chi connectivity index (χ3n) is 3.05. The molecule has 0 bridgehead atoms. The summed E-state index contributed by atoms with van der Waals surface area (Å²) in [5.41, 5.74) is 0.888. The maximum absolute atomic E-state index is 5.98. The zero-order valence-electron chi connectivity index (χ0n) is 11.0. The molecule has 0 aliphatic rings. The Morgan fingerprint density at radius 1 is 1.33 bits per heavy atom. The monoisotopic (exact) mass is 266 g/mol. The SMILES string of the molecule is CNC(CCN(C)C)c1cc2cc(Cl)ccc2o1. The number of hydrogen-bond acceptors (Lipinski definition) is 3. The molecule has 0 saturated heterocycles. The summed E-state index contributed by atoms with van der Waals surface area (Å²) >= 11 is 5.98. The van der Waals surface area contributed by atoms with Gasteiger partial charge in [-0.05, 0) is 58.4 Å². The lowest BCUT2D eigenvalue weighted by Crippen LogP contribution is -2.22. The number of nitrogens with one attached hydrogen (secondary N) is 1. The predicted octanol–water partition coefficient (Wildman–Crippen LogP) is 3.30. The molecule has 2 rings (SSSR count). The van der Waals surface area contributed by atoms with Crippen LogP contribution in [0.3, 0.4) is 0 Å². The average Bonchev–Trinajstić information content (AvgIpc) is 2.72. The Hall–Kier alpha value is -1.03. The van der Waals surface area contributed by atoms with Crippen molar-refractivity contribution in [3.8, 4) is 0 Å². The molecule has 0 spiro atoms. The fourth-order valence-corrected chi connectivity index (χ4v) is 2.20. The summed E-state index contributed by atoms with van der Waals surface area (Å²) in [5, 5.41) is 5.09. The maximum atomic E-state index is 5.98. The van der Waals surface area contributed by atoms with E-state index >= 15 is 0 Å². The van der Waals surface area contributed by atoms with E-state index in [-0.39, 0.29) is 6.04 Å². The zero-order chi connectivity index (χ0) is 13.1. The lowest BCUT2D eigenvalue weighted by atomic mass is 10.1. The van der Waals surface area contributed by atoms with Crippen LogP contribution in [0.15, 0.2) is 28.7 Å². The number of halogens is 1. The van der Waals surface area contributed by atoms with Gasteiger partial charge in [-0.1, -0.05) is 11.6 Å². The van der Waals surface area contributed by atoms with Gasteiger partial charge in [-0.3, -0.25) is 0 Å². The summed E-state index contributed by atoms with van der Waals surface area (Å²) in [5.74, 6) is 0.969. The molecule has 3 nitrogen and oxygen atoms in total. The fraction of sp³-hybridized carbons (Fsp3) is 0.429. The lowest BCUT2D eigenvalue weighted by molar-refractivity contribution is 0.346. The van der Waals surface area contributed by atoms with Crippen molar-refractivity contribution >= 4 is 22.6 Å². The summed E-state index contributed by atoms with van der Waals surface area (Å²) in [6, 6.07) is 8.00. The van der Waals surface area contributed by atoms with Gasteiger partial charge in [0, 0.05) is 10.4 Å². The molecule has 1 heterocycles. The van der Waals surface area contributed by atoms with Crippen LogP contribution in [0.2, 0.25) is 5.02 Å². The number of hydrogen-bond donors (Lipinski definition) is 1. The first-order chi connectivity index (χ1) is 8.60. The molecule has 1 atom stereocenters. The first-order valence-electron chi connectivity index (χ1n) is 6.11. The van der Waals surface area contributed by atoms with Crippen LogP contribution in [0.25, 0.3) is 11.0 Å². The van der Waals surface area contributed by atoms with Gasteiger partial charge in [-0.2, -0.15) is 0 Å². The highest BCUT2D eigenvalue weighted by molar-refractivity contribution is 6.31. The Kier molecular flexibility index (Phi) is 4.27. The van der Waals surface area contributed by atoms with E-state index in [1.165, 1.54) is 0 Å². The Bertz CT molecular complexity index is 521. The van der Waals surface area contributed by atoms with Crippen molar-refractivity contribution in [2.45, 2.75) is 12.5 Å². The zero-order valence-corrected chi connectivity index (χ0v) is 11.8. The quantitative estimate of drug-likeness (QED) is 0.900. The Balaban J connectivity index is 2.22. The molecule has 4 heteroatoms. The van der Waals surface area contributed by atoms with Gasteiger partial charge >= 0.3 is 0 Å². The Morgan fingerprint density at radius 3 is 2.78 bits per heavy atom. The van der Waals surface area contributed by atoms with Crippen molar-refractivity contribution in [3.05, 3.63) is 35.0 Å². The second-order valence-electron chi connectivity index (χ2n) is 4.76. The van der Waals surface area contributed by atoms with Gasteiger partial charge in [0.2, 0.25) is 0 Å². The van der Waals surface area contributed by atoms with E-state index in [0.29, 0.717) is 0 Å². The van der Waals surface area contributed by atoms with Crippen molar-refractivity contribution < 1.29 is 4.42 Å². The highest BCUT2D eigenvalue weighted by atomic mass is 35.5. The highest BCUT2D eigenvalue weighted by Crippen LogP contribution is 2.27. The largest absolute Gasteiger partial charge is 0.459 e. The van der Waals surface area contributed by atoms with Crippen LogP contribution in [-0.2, 0) is 0 Å². The van der Waals surface area contributed by atoms with E-state index in [2.05, 4.69) is 30.4 Å². The number of rotatable bonds is 5. The van der Waals surface area contributed by atoms with Crippen molar-refractivity contribution in [1.82, 2.24) is 10.2 Å². The van der Waals surface area contributed by atoms with E-state index in [4.69, 9.17) is 16.0 Å². The van der Waals surface area contributed by atoms with Gasteiger partial charge in [0.15, 0.2) is 0 Å². The summed E-state index contributed by atoms with van der Waals surface area (Å²) in [4.78, 5) is 2.17. The minimum absolute atomic E-state index is 0.235. The molecule has 0 aliphatic carbocycles. The van der Waals surface area contributed by atoms with E-state index in [1.54, 1.807) is 0 Å². The lowest BCUT2D eigenvalue weighted by Gasteiger charge is -2.16. The summed E-state index contributed by atoms with van der Waals surface area (Å²) in [6.45, 7) is 1.02. The molecule has 0 aliphatic heterocycles. The van der Waals surface area contributed by atoms with Crippen LogP contribution >= 0.6 is 11.6 Å². The molecular weight excluding hydrogens is 248 g/mol. The highest BCUT2D eigenvalue weighted by Gasteiger charge is 2.14. The molecule has 98 valence electrons. The van der Waals surface area contributed by atoms with Gasteiger partial charge in [0.05, 0.1) is 6.04 Å². The number of furan rings is 1. The van der Waals surface area contributed by atoms with Gasteiger partial charge in [-0.25, -0.2) is 0 Å². The average molecular weight is 267 g/mol. The van der Waals surface area contributed by atoms with Gasteiger partial charge in [0.25, 0.3) is 0 Å². The topological polar surface area (TPSA) is 28.4 Å². The fourth-order valence-electron chi connectivity index (χ4n) is 2.02. The third kappa shape index (κ3) is 3.05. The molecule has 2 aromatic rings. The normalized spacial score (nSPS) is 13.4. The molecule has 18 heavy (non-hydrogen) atoms. The standard InChI is InChI=1S/C14H19ClN2O/c1-16-12(6-7-17(2)3)14-9-10-8-11(15)4-5-13(10)18-14/h4-5,8-9,12,16H,6-7H2,1-3H3. The van der Waals surface area contributed by atoms with Crippen molar-refractivity contribution in [1.29, 1.82) is 0 Å². The van der Waals surface area contributed by atoms with Crippen LogP contribution in [0.5, 0.6) is 0 Å². The molecule has 0 fully saturated rings. The predicted molar refractivity (Wildman–Crippen MR) is 76.2 cm³/mol. The Labute approximate surface area is 113 Å². The molecule has 1 unspecified atom stereocenters. The molecule has 0 radical (unpaired) electrons. The summed E-state index contributed by atoms with van der Waals surface area (Å²) < 4.78 is 5.87. The minimum Gasteiger partial charge on any atom is -0.459 e. The number of nitrogens with zero attached hydrogens (tertiary/aromatic N) is 1. The number of fused-ring (bicyclic) bond motifs is 1. The van der Waals surface area contributed by atoms with Crippen LogP contribution in [0, 0.1) is 0 Å². The summed E-state index contributed by atoms with van der Waals surface area (Å²) in [6.07, 6.45) is 1.01. The van der Waals surface area contributed by atoms with E-state index < -0.39 is 0 Å². The molecule has 1 aromatic carbocycles. The smallest absolute Gasteiger partial charge is 0.134 e. The first kappa shape index (κ1) is 13.4. The molecular formula is C14H19ClN2O. The van der Waals surface area contributed by atoms with Gasteiger partial charge in [0.1, 0.15) is 11.3 Å². The number of benzene rings is 1. The molecule has 1 N–H and O–H groups in total. The minimum atomic E-state index is 0.235. The van der Waals surface area contributed by atoms with E-state index in [9.17, 15) is 0 Å². The van der Waals surface area contributed by atoms with Crippen LogP contribution in [0.4, 0.5) is 0 Å². The van der Waals surface area contributed by atoms with Gasteiger partial charge < -0.3 is 14.6 Å². The van der Waals surface area contributed by atoms with Crippen molar-refractivity contribution in [3.63, 3.8) is 0 Å². The van der Waals surface area contributed by atoms with Crippen LogP contribution in [-0.4, -0.2) is 32.6 Å². The third-order valence-corrected chi connectivity index (χ3v) is 3.29. The molecule has 0 amide bonds.